The van der Waals surface area contributed by atoms with Gasteiger partial charge in [0.2, 0.25) is 0 Å². The predicted molar refractivity (Wildman–Crippen MR) is 73.1 cm³/mol. The van der Waals surface area contributed by atoms with Crippen molar-refractivity contribution >= 4 is 17.7 Å². The van der Waals surface area contributed by atoms with E-state index in [4.69, 9.17) is 5.73 Å². The Kier molecular flexibility index (Phi) is 6.33. The van der Waals surface area contributed by atoms with Crippen LogP contribution in [-0.4, -0.2) is 55.1 Å². The van der Waals surface area contributed by atoms with Crippen molar-refractivity contribution in [3.63, 3.8) is 0 Å². The molecule has 0 amide bonds. The second kappa shape index (κ2) is 7.57. The lowest BCUT2D eigenvalue weighted by Crippen LogP contribution is -2.41. The van der Waals surface area contributed by atoms with Crippen LogP contribution in [0.2, 0.25) is 0 Å². The summed E-state index contributed by atoms with van der Waals surface area (Å²) in [5.41, 5.74) is 6.74. The van der Waals surface area contributed by atoms with Crippen LogP contribution in [0.5, 0.6) is 0 Å². The molecule has 0 bridgehead atoms. The van der Waals surface area contributed by atoms with Crippen molar-refractivity contribution in [1.82, 2.24) is 10.2 Å². The van der Waals surface area contributed by atoms with Crippen molar-refractivity contribution < 1.29 is 0 Å². The van der Waals surface area contributed by atoms with Crippen molar-refractivity contribution in [1.29, 1.82) is 0 Å². The van der Waals surface area contributed by atoms with Crippen LogP contribution >= 0.6 is 11.8 Å². The third-order valence-corrected chi connectivity index (χ3v) is 3.30. The largest absolute Gasteiger partial charge is 0.370 e. The Morgan fingerprint density at radius 3 is 2.81 bits per heavy atom. The summed E-state index contributed by atoms with van der Waals surface area (Å²) in [5.74, 6) is 3.02. The zero-order valence-electron chi connectivity index (χ0n) is 10.0. The van der Waals surface area contributed by atoms with Gasteiger partial charge in [-0.05, 0) is 6.92 Å². The second-order valence-corrected chi connectivity index (χ2v) is 5.26. The van der Waals surface area contributed by atoms with E-state index in [1.54, 1.807) is 0 Å². The molecule has 0 spiro atoms. The van der Waals surface area contributed by atoms with E-state index in [-0.39, 0.29) is 0 Å². The van der Waals surface area contributed by atoms with Crippen molar-refractivity contribution in [3.8, 4) is 0 Å². The van der Waals surface area contributed by atoms with Crippen LogP contribution in [0.15, 0.2) is 17.1 Å². The maximum Gasteiger partial charge on any atom is 0.188 e. The Morgan fingerprint density at radius 1 is 1.50 bits per heavy atom. The fraction of sp³-hybridized carbons (Fsp3) is 0.727. The average molecular weight is 242 g/mol. The average Bonchev–Trinajstić information content (AvgIpc) is 2.28. The molecule has 0 aromatic heterocycles. The molecule has 3 N–H and O–H groups in total. The number of rotatable bonds is 5. The number of hydrogen-bond acceptors (Lipinski definition) is 3. The van der Waals surface area contributed by atoms with Gasteiger partial charge in [-0.25, -0.2) is 4.99 Å². The first kappa shape index (κ1) is 13.4. The van der Waals surface area contributed by atoms with E-state index < -0.39 is 0 Å². The molecule has 0 unspecified atom stereocenters. The molecule has 92 valence electrons. The van der Waals surface area contributed by atoms with Gasteiger partial charge in [-0.15, -0.1) is 0 Å². The fourth-order valence-corrected chi connectivity index (χ4v) is 2.42. The lowest BCUT2D eigenvalue weighted by molar-refractivity contribution is 0.307. The Balaban J connectivity index is 2.09. The van der Waals surface area contributed by atoms with Crippen molar-refractivity contribution in [2.24, 2.45) is 10.7 Å². The van der Waals surface area contributed by atoms with Gasteiger partial charge < -0.3 is 11.1 Å². The summed E-state index contributed by atoms with van der Waals surface area (Å²) in [6, 6.07) is 0. The lowest BCUT2D eigenvalue weighted by atomic mass is 10.4. The van der Waals surface area contributed by atoms with Crippen LogP contribution in [-0.2, 0) is 0 Å². The minimum absolute atomic E-state index is 0.523. The van der Waals surface area contributed by atoms with Gasteiger partial charge in [0.15, 0.2) is 5.96 Å². The minimum Gasteiger partial charge on any atom is -0.370 e. The molecule has 0 aromatic carbocycles. The maximum atomic E-state index is 5.71. The molecule has 4 nitrogen and oxygen atoms in total. The molecular weight excluding hydrogens is 220 g/mol. The Hall–Kier alpha value is -0.680. The summed E-state index contributed by atoms with van der Waals surface area (Å²) in [7, 11) is 0. The van der Waals surface area contributed by atoms with Gasteiger partial charge in [-0.1, -0.05) is 12.2 Å². The molecule has 1 saturated heterocycles. The van der Waals surface area contributed by atoms with Crippen molar-refractivity contribution in [2.45, 2.75) is 6.92 Å². The zero-order chi connectivity index (χ0) is 11.8. The van der Waals surface area contributed by atoms with E-state index in [9.17, 15) is 0 Å². The van der Waals surface area contributed by atoms with Crippen LogP contribution < -0.4 is 11.1 Å². The Morgan fingerprint density at radius 2 is 2.19 bits per heavy atom. The summed E-state index contributed by atoms with van der Waals surface area (Å²) >= 11 is 2.03. The summed E-state index contributed by atoms with van der Waals surface area (Å²) in [6.45, 7) is 10.6. The quantitative estimate of drug-likeness (QED) is 0.419. The minimum atomic E-state index is 0.523. The summed E-state index contributed by atoms with van der Waals surface area (Å²) < 4.78 is 0. The van der Waals surface area contributed by atoms with Gasteiger partial charge in [0.25, 0.3) is 0 Å². The molecule has 1 fully saturated rings. The molecule has 0 aromatic rings. The van der Waals surface area contributed by atoms with Gasteiger partial charge >= 0.3 is 0 Å². The van der Waals surface area contributed by atoms with E-state index in [0.29, 0.717) is 12.5 Å². The lowest BCUT2D eigenvalue weighted by Gasteiger charge is -2.26. The van der Waals surface area contributed by atoms with Crippen LogP contribution in [0, 0.1) is 0 Å². The monoisotopic (exact) mass is 242 g/mol. The summed E-state index contributed by atoms with van der Waals surface area (Å²) in [5, 5.41) is 3.12. The molecule has 0 atom stereocenters. The molecule has 0 radical (unpaired) electrons. The summed E-state index contributed by atoms with van der Waals surface area (Å²) in [4.78, 5) is 6.62. The van der Waals surface area contributed by atoms with E-state index in [1.807, 2.05) is 18.7 Å². The Bertz CT molecular complexity index is 246. The predicted octanol–water partition coefficient (Wildman–Crippen LogP) is 0.516. The SMILES string of the molecule is C=C(C)CN=C(N)NCCN1CCSCC1. The highest BCUT2D eigenvalue weighted by atomic mass is 32.2. The number of nitrogens with one attached hydrogen (secondary N) is 1. The highest BCUT2D eigenvalue weighted by molar-refractivity contribution is 7.99. The van der Waals surface area contributed by atoms with Crippen LogP contribution in [0.3, 0.4) is 0 Å². The van der Waals surface area contributed by atoms with Crippen LogP contribution in [0.25, 0.3) is 0 Å². The molecule has 0 aliphatic carbocycles. The van der Waals surface area contributed by atoms with Crippen molar-refractivity contribution in [2.75, 3.05) is 44.2 Å². The van der Waals surface area contributed by atoms with E-state index >= 15 is 0 Å². The smallest absolute Gasteiger partial charge is 0.188 e. The molecule has 1 heterocycles. The Labute approximate surface area is 102 Å². The molecular formula is C11H22N4S. The van der Waals surface area contributed by atoms with E-state index in [0.717, 1.165) is 18.7 Å². The molecule has 1 aliphatic heterocycles. The van der Waals surface area contributed by atoms with Crippen molar-refractivity contribution in [3.05, 3.63) is 12.2 Å². The van der Waals surface area contributed by atoms with Crippen LogP contribution in [0.1, 0.15) is 6.92 Å². The number of hydrogen-bond donors (Lipinski definition) is 2. The number of guanidine groups is 1. The topological polar surface area (TPSA) is 53.6 Å². The molecule has 0 saturated carbocycles. The first-order valence-electron chi connectivity index (χ1n) is 5.67. The third kappa shape index (κ3) is 6.02. The third-order valence-electron chi connectivity index (χ3n) is 2.36. The van der Waals surface area contributed by atoms with E-state index in [2.05, 4.69) is 21.8 Å². The first-order chi connectivity index (χ1) is 7.68. The number of aliphatic imine (C=N–C) groups is 1. The zero-order valence-corrected chi connectivity index (χ0v) is 10.9. The first-order valence-corrected chi connectivity index (χ1v) is 6.82. The summed E-state index contributed by atoms with van der Waals surface area (Å²) in [6.07, 6.45) is 0. The molecule has 16 heavy (non-hydrogen) atoms. The second-order valence-electron chi connectivity index (χ2n) is 4.04. The standard InChI is InChI=1S/C11H22N4S/c1-10(2)9-14-11(12)13-3-4-15-5-7-16-8-6-15/h1,3-9H2,2H3,(H3,12,13,14). The fourth-order valence-electron chi connectivity index (χ4n) is 1.44. The molecule has 1 rings (SSSR count). The molecule has 1 aliphatic rings. The van der Waals surface area contributed by atoms with Gasteiger partial charge in [0.05, 0.1) is 6.54 Å². The number of nitrogens with two attached hydrogens (primary N) is 1. The highest BCUT2D eigenvalue weighted by Crippen LogP contribution is 2.07. The molecule has 5 heteroatoms. The van der Waals surface area contributed by atoms with Gasteiger partial charge in [0.1, 0.15) is 0 Å². The highest BCUT2D eigenvalue weighted by Gasteiger charge is 2.08. The number of thioether (sulfide) groups is 1. The van der Waals surface area contributed by atoms with Gasteiger partial charge in [0, 0.05) is 37.7 Å². The van der Waals surface area contributed by atoms with Crippen LogP contribution in [0.4, 0.5) is 0 Å². The van der Waals surface area contributed by atoms with E-state index in [1.165, 1.54) is 24.6 Å². The normalized spacial score (nSPS) is 18.4. The van der Waals surface area contributed by atoms with Gasteiger partial charge in [-0.3, -0.25) is 4.90 Å². The van der Waals surface area contributed by atoms with Gasteiger partial charge in [-0.2, -0.15) is 11.8 Å². The number of nitrogens with zero attached hydrogens (tertiary/aromatic N) is 2. The maximum absolute atomic E-state index is 5.71.